The molecule has 1 heterocycles. The number of rotatable bonds is 7. The van der Waals surface area contributed by atoms with Crippen LogP contribution in [0.1, 0.15) is 32.6 Å². The summed E-state index contributed by atoms with van der Waals surface area (Å²) in [4.78, 5) is 0. The SMILES string of the molecule is CCOCC(C)NC(C)c1cc2cccc(OC)c2o1. The zero-order valence-electron chi connectivity index (χ0n) is 12.6. The molecule has 2 aromatic rings. The molecule has 0 amide bonds. The van der Waals surface area contributed by atoms with Crippen LogP contribution in [0.3, 0.4) is 0 Å². The fourth-order valence-electron chi connectivity index (χ4n) is 2.28. The first-order valence-electron chi connectivity index (χ1n) is 7.06. The molecule has 20 heavy (non-hydrogen) atoms. The quantitative estimate of drug-likeness (QED) is 0.841. The Bertz CT molecular complexity index is 550. The number of ether oxygens (including phenoxy) is 2. The van der Waals surface area contributed by atoms with Gasteiger partial charge in [-0.15, -0.1) is 0 Å². The number of hydrogen-bond acceptors (Lipinski definition) is 4. The number of para-hydroxylation sites is 1. The van der Waals surface area contributed by atoms with E-state index in [2.05, 4.69) is 25.2 Å². The molecule has 0 aliphatic heterocycles. The van der Waals surface area contributed by atoms with Crippen molar-refractivity contribution < 1.29 is 13.9 Å². The monoisotopic (exact) mass is 277 g/mol. The average Bonchev–Trinajstić information content (AvgIpc) is 2.89. The van der Waals surface area contributed by atoms with E-state index in [4.69, 9.17) is 13.9 Å². The number of hydrogen-bond donors (Lipinski definition) is 1. The summed E-state index contributed by atoms with van der Waals surface area (Å²) >= 11 is 0. The molecule has 0 saturated carbocycles. The van der Waals surface area contributed by atoms with Crippen molar-refractivity contribution in [3.8, 4) is 5.75 Å². The van der Waals surface area contributed by atoms with E-state index in [-0.39, 0.29) is 12.1 Å². The molecular weight excluding hydrogens is 254 g/mol. The Morgan fingerprint density at radius 3 is 2.80 bits per heavy atom. The highest BCUT2D eigenvalue weighted by Gasteiger charge is 2.15. The standard InChI is InChI=1S/C16H23NO3/c1-5-19-10-11(2)17-12(3)15-9-13-7-6-8-14(18-4)16(13)20-15/h6-9,11-12,17H,5,10H2,1-4H3. The van der Waals surface area contributed by atoms with Crippen molar-refractivity contribution in [3.05, 3.63) is 30.0 Å². The third-order valence-electron chi connectivity index (χ3n) is 3.28. The summed E-state index contributed by atoms with van der Waals surface area (Å²) in [5.74, 6) is 1.68. The van der Waals surface area contributed by atoms with Crippen LogP contribution in [0.4, 0.5) is 0 Å². The van der Waals surface area contributed by atoms with Crippen molar-refractivity contribution in [2.75, 3.05) is 20.3 Å². The molecule has 4 nitrogen and oxygen atoms in total. The Hall–Kier alpha value is -1.52. The number of fused-ring (bicyclic) bond motifs is 1. The zero-order valence-corrected chi connectivity index (χ0v) is 12.6. The summed E-state index contributed by atoms with van der Waals surface area (Å²) in [5.41, 5.74) is 0.802. The van der Waals surface area contributed by atoms with Gasteiger partial charge in [0, 0.05) is 18.0 Å². The lowest BCUT2D eigenvalue weighted by Gasteiger charge is -2.18. The molecular formula is C16H23NO3. The van der Waals surface area contributed by atoms with Gasteiger partial charge in [-0.1, -0.05) is 12.1 Å². The second-order valence-corrected chi connectivity index (χ2v) is 4.98. The van der Waals surface area contributed by atoms with Gasteiger partial charge >= 0.3 is 0 Å². The van der Waals surface area contributed by atoms with E-state index in [0.29, 0.717) is 6.61 Å². The molecule has 1 aromatic heterocycles. The first-order chi connectivity index (χ1) is 9.65. The molecule has 2 unspecified atom stereocenters. The summed E-state index contributed by atoms with van der Waals surface area (Å²) in [6.07, 6.45) is 0. The predicted molar refractivity (Wildman–Crippen MR) is 80.3 cm³/mol. The first-order valence-corrected chi connectivity index (χ1v) is 7.06. The molecule has 1 aromatic carbocycles. The summed E-state index contributed by atoms with van der Waals surface area (Å²) in [6.45, 7) is 7.64. The van der Waals surface area contributed by atoms with Gasteiger partial charge < -0.3 is 19.2 Å². The molecule has 4 heteroatoms. The van der Waals surface area contributed by atoms with Gasteiger partial charge in [0.1, 0.15) is 5.76 Å². The highest BCUT2D eigenvalue weighted by molar-refractivity contribution is 5.83. The number of nitrogens with one attached hydrogen (secondary N) is 1. The number of furan rings is 1. The second-order valence-electron chi connectivity index (χ2n) is 4.98. The number of methoxy groups -OCH3 is 1. The van der Waals surface area contributed by atoms with Gasteiger partial charge in [0.2, 0.25) is 0 Å². The van der Waals surface area contributed by atoms with Gasteiger partial charge in [0.05, 0.1) is 19.8 Å². The van der Waals surface area contributed by atoms with Crippen molar-refractivity contribution in [2.45, 2.75) is 32.9 Å². The van der Waals surface area contributed by atoms with Gasteiger partial charge in [0.25, 0.3) is 0 Å². The maximum atomic E-state index is 5.93. The molecule has 0 fully saturated rings. The first kappa shape index (κ1) is 14.9. The Kier molecular flexibility index (Phi) is 5.04. The minimum Gasteiger partial charge on any atom is -0.493 e. The summed E-state index contributed by atoms with van der Waals surface area (Å²) in [5, 5.41) is 4.53. The average molecular weight is 277 g/mol. The fraction of sp³-hybridized carbons (Fsp3) is 0.500. The van der Waals surface area contributed by atoms with Gasteiger partial charge in [-0.05, 0) is 32.9 Å². The maximum absolute atomic E-state index is 5.93. The third-order valence-corrected chi connectivity index (χ3v) is 3.28. The van der Waals surface area contributed by atoms with Crippen LogP contribution in [0.2, 0.25) is 0 Å². The summed E-state index contributed by atoms with van der Waals surface area (Å²) in [7, 11) is 1.66. The summed E-state index contributed by atoms with van der Waals surface area (Å²) < 4.78 is 16.7. The second kappa shape index (κ2) is 6.77. The van der Waals surface area contributed by atoms with E-state index in [1.807, 2.05) is 25.1 Å². The van der Waals surface area contributed by atoms with E-state index in [1.54, 1.807) is 7.11 Å². The van der Waals surface area contributed by atoms with E-state index in [0.717, 1.165) is 29.1 Å². The molecule has 0 spiro atoms. The highest BCUT2D eigenvalue weighted by atomic mass is 16.5. The molecule has 110 valence electrons. The minimum absolute atomic E-state index is 0.127. The van der Waals surface area contributed by atoms with E-state index < -0.39 is 0 Å². The normalized spacial score (nSPS) is 14.4. The van der Waals surface area contributed by atoms with Gasteiger partial charge in [-0.2, -0.15) is 0 Å². The highest BCUT2D eigenvalue weighted by Crippen LogP contribution is 2.30. The Balaban J connectivity index is 2.12. The largest absolute Gasteiger partial charge is 0.493 e. The fourth-order valence-corrected chi connectivity index (χ4v) is 2.28. The lowest BCUT2D eigenvalue weighted by molar-refractivity contribution is 0.123. The van der Waals surface area contributed by atoms with E-state index in [9.17, 15) is 0 Å². The summed E-state index contributed by atoms with van der Waals surface area (Å²) in [6, 6.07) is 8.37. The lowest BCUT2D eigenvalue weighted by atomic mass is 10.2. The lowest BCUT2D eigenvalue weighted by Crippen LogP contribution is -2.32. The maximum Gasteiger partial charge on any atom is 0.176 e. The van der Waals surface area contributed by atoms with Crippen LogP contribution in [-0.2, 0) is 4.74 Å². The van der Waals surface area contributed by atoms with Crippen LogP contribution < -0.4 is 10.1 Å². The van der Waals surface area contributed by atoms with Gasteiger partial charge in [0.15, 0.2) is 11.3 Å². The zero-order chi connectivity index (χ0) is 14.5. The Labute approximate surface area is 120 Å². The van der Waals surface area contributed by atoms with Crippen molar-refractivity contribution >= 4 is 11.0 Å². The molecule has 2 rings (SSSR count). The molecule has 0 radical (unpaired) electrons. The Morgan fingerprint density at radius 2 is 2.10 bits per heavy atom. The molecule has 2 atom stereocenters. The Morgan fingerprint density at radius 1 is 1.30 bits per heavy atom. The van der Waals surface area contributed by atoms with E-state index in [1.165, 1.54) is 0 Å². The van der Waals surface area contributed by atoms with Gasteiger partial charge in [-0.25, -0.2) is 0 Å². The topological polar surface area (TPSA) is 43.6 Å². The molecule has 0 saturated heterocycles. The van der Waals surface area contributed by atoms with Crippen molar-refractivity contribution in [2.24, 2.45) is 0 Å². The van der Waals surface area contributed by atoms with Crippen molar-refractivity contribution in [1.82, 2.24) is 5.32 Å². The smallest absolute Gasteiger partial charge is 0.176 e. The van der Waals surface area contributed by atoms with Crippen LogP contribution in [0.25, 0.3) is 11.0 Å². The van der Waals surface area contributed by atoms with Crippen LogP contribution >= 0.6 is 0 Å². The van der Waals surface area contributed by atoms with E-state index >= 15 is 0 Å². The van der Waals surface area contributed by atoms with Gasteiger partial charge in [-0.3, -0.25) is 0 Å². The third kappa shape index (κ3) is 3.32. The predicted octanol–water partition coefficient (Wildman–Crippen LogP) is 3.52. The van der Waals surface area contributed by atoms with Crippen LogP contribution in [0.15, 0.2) is 28.7 Å². The molecule has 0 aliphatic rings. The molecule has 1 N–H and O–H groups in total. The van der Waals surface area contributed by atoms with Crippen LogP contribution in [0, 0.1) is 0 Å². The van der Waals surface area contributed by atoms with Crippen molar-refractivity contribution in [3.63, 3.8) is 0 Å². The minimum atomic E-state index is 0.127. The van der Waals surface area contributed by atoms with Crippen molar-refractivity contribution in [1.29, 1.82) is 0 Å². The molecule has 0 bridgehead atoms. The number of benzene rings is 1. The van der Waals surface area contributed by atoms with Crippen LogP contribution in [0.5, 0.6) is 5.75 Å². The van der Waals surface area contributed by atoms with Crippen LogP contribution in [-0.4, -0.2) is 26.4 Å². The molecule has 0 aliphatic carbocycles.